The van der Waals surface area contributed by atoms with Gasteiger partial charge in [-0.1, -0.05) is 31.4 Å². The molecule has 2 aliphatic carbocycles. The lowest BCUT2D eigenvalue weighted by Crippen LogP contribution is -2.34. The zero-order chi connectivity index (χ0) is 27.9. The molecular weight excluding hydrogens is 540 g/mol. The van der Waals surface area contributed by atoms with Crippen LogP contribution in [-0.4, -0.2) is 54.7 Å². The maximum Gasteiger partial charge on any atom is 0.335 e. The van der Waals surface area contributed by atoms with Crippen molar-refractivity contribution in [1.29, 1.82) is 0 Å². The smallest absolute Gasteiger partial charge is 0.335 e. The Bertz CT molecular complexity index is 1150. The number of nitrogens with one attached hydrogen (secondary N) is 2. The second-order valence-corrected chi connectivity index (χ2v) is 10.4. The van der Waals surface area contributed by atoms with Crippen LogP contribution in [0, 0.1) is 11.8 Å². The topological polar surface area (TPSA) is 115 Å². The van der Waals surface area contributed by atoms with Crippen LogP contribution in [-0.2, 0) is 18.1 Å². The summed E-state index contributed by atoms with van der Waals surface area (Å²) in [5.41, 5.74) is 1.20. The zero-order valence-corrected chi connectivity index (χ0v) is 23.3. The fraction of sp³-hybridized carbons (Fsp3) is 0.640. The molecule has 2 aliphatic rings. The number of pyridine rings is 1. The van der Waals surface area contributed by atoms with Crippen LogP contribution in [0.1, 0.15) is 69.3 Å². The van der Waals surface area contributed by atoms with Crippen LogP contribution in [0.15, 0.2) is 12.3 Å². The van der Waals surface area contributed by atoms with Gasteiger partial charge in [0.25, 0.3) is 11.8 Å². The minimum Gasteiger partial charge on any atom is -0.496 e. The van der Waals surface area contributed by atoms with Crippen LogP contribution < -0.4 is 15.4 Å². The summed E-state index contributed by atoms with van der Waals surface area (Å²) in [5.74, 6) is -1.15. The van der Waals surface area contributed by atoms with Gasteiger partial charge in [-0.15, -0.1) is 0 Å². The van der Waals surface area contributed by atoms with Gasteiger partial charge in [0.15, 0.2) is 5.69 Å². The number of hydrogen-bond donors (Lipinski definition) is 2. The molecule has 1 unspecified atom stereocenters. The molecule has 4 rings (SSSR count). The summed E-state index contributed by atoms with van der Waals surface area (Å²) in [6.45, 7) is 5.24. The van der Waals surface area contributed by atoms with Crippen molar-refractivity contribution >= 4 is 34.9 Å². The number of rotatable bonds is 8. The lowest BCUT2D eigenvalue weighted by Gasteiger charge is -2.26. The molecule has 0 radical (unpaired) electrons. The third kappa shape index (κ3) is 7.07. The minimum absolute atomic E-state index is 0.129. The van der Waals surface area contributed by atoms with Gasteiger partial charge >= 0.3 is 11.6 Å². The van der Waals surface area contributed by atoms with Crippen LogP contribution in [0.5, 0.6) is 5.75 Å². The van der Waals surface area contributed by atoms with Gasteiger partial charge in [0, 0.05) is 31.8 Å². The SMILES string of the molecule is CCn1nc(C(=O)NCC2CCC(C)CC2)c(Cl)c1-c1cnc(NC2CCCC2(F)F)cc1OC.O=S=O. The van der Waals surface area contributed by atoms with Gasteiger partial charge in [0.05, 0.1) is 29.4 Å². The number of anilines is 1. The highest BCUT2D eigenvalue weighted by molar-refractivity contribution is 7.51. The summed E-state index contributed by atoms with van der Waals surface area (Å²) in [6, 6.07) is 0.620. The van der Waals surface area contributed by atoms with Crippen molar-refractivity contribution < 1.29 is 26.7 Å². The Morgan fingerprint density at radius 3 is 2.53 bits per heavy atom. The molecule has 2 aromatic rings. The first-order chi connectivity index (χ1) is 18.1. The number of methoxy groups -OCH3 is 1. The molecule has 1 atom stereocenters. The van der Waals surface area contributed by atoms with Crippen LogP contribution in [0.3, 0.4) is 0 Å². The Morgan fingerprint density at radius 1 is 1.26 bits per heavy atom. The Morgan fingerprint density at radius 2 is 1.95 bits per heavy atom. The summed E-state index contributed by atoms with van der Waals surface area (Å²) in [6.07, 6.45) is 6.84. The van der Waals surface area contributed by atoms with Gasteiger partial charge in [-0.3, -0.25) is 9.48 Å². The molecule has 1 amide bonds. The van der Waals surface area contributed by atoms with Crippen LogP contribution in [0.4, 0.5) is 14.6 Å². The van der Waals surface area contributed by atoms with E-state index in [2.05, 4.69) is 27.6 Å². The molecule has 2 N–H and O–H groups in total. The third-order valence-corrected chi connectivity index (χ3v) is 7.63. The van der Waals surface area contributed by atoms with Crippen molar-refractivity contribution in [3.05, 3.63) is 23.0 Å². The molecule has 2 fully saturated rings. The number of nitrogens with zero attached hydrogens (tertiary/aromatic N) is 3. The van der Waals surface area contributed by atoms with Gasteiger partial charge in [-0.25, -0.2) is 13.8 Å². The summed E-state index contributed by atoms with van der Waals surface area (Å²) < 4.78 is 51.9. The van der Waals surface area contributed by atoms with Crippen molar-refractivity contribution in [2.45, 2.75) is 77.3 Å². The standard InChI is InChI=1S/C25H34ClF2N5O2.O2S/c1-4-33-23(21(26)22(32-33)24(34)30-13-16-9-7-15(2)8-10-16)17-14-29-20(12-18(17)35-3)31-19-6-5-11-25(19,27)28;1-3-2/h12,14-16,19H,4-11,13H2,1-3H3,(H,29,31)(H,30,34);. The lowest BCUT2D eigenvalue weighted by atomic mass is 9.83. The third-order valence-electron chi connectivity index (χ3n) is 7.27. The predicted octanol–water partition coefficient (Wildman–Crippen LogP) is 5.11. The van der Waals surface area contributed by atoms with E-state index in [0.29, 0.717) is 54.7 Å². The van der Waals surface area contributed by atoms with E-state index in [0.717, 1.165) is 18.8 Å². The van der Waals surface area contributed by atoms with Gasteiger partial charge in [-0.05, 0) is 44.4 Å². The number of hydrogen-bond acceptors (Lipinski definition) is 7. The molecule has 38 heavy (non-hydrogen) atoms. The van der Waals surface area contributed by atoms with Crippen molar-refractivity contribution in [2.75, 3.05) is 19.0 Å². The van der Waals surface area contributed by atoms with Crippen molar-refractivity contribution in [3.63, 3.8) is 0 Å². The molecular formula is C25H34ClF2N5O4S. The van der Waals surface area contributed by atoms with E-state index in [1.165, 1.54) is 26.1 Å². The molecule has 0 bridgehead atoms. The van der Waals surface area contributed by atoms with Gasteiger partial charge < -0.3 is 15.4 Å². The van der Waals surface area contributed by atoms with E-state index in [4.69, 9.17) is 24.8 Å². The van der Waals surface area contributed by atoms with Gasteiger partial charge in [0.2, 0.25) is 0 Å². The summed E-state index contributed by atoms with van der Waals surface area (Å²) in [5, 5.41) is 10.5. The normalized spacial score (nSPS) is 22.2. The second kappa shape index (κ2) is 13.5. The summed E-state index contributed by atoms with van der Waals surface area (Å²) in [7, 11) is 1.49. The van der Waals surface area contributed by atoms with E-state index in [9.17, 15) is 13.6 Å². The number of ether oxygens (including phenoxy) is 1. The largest absolute Gasteiger partial charge is 0.496 e. The Kier molecular flexibility index (Phi) is 10.6. The van der Waals surface area contributed by atoms with E-state index >= 15 is 0 Å². The van der Waals surface area contributed by atoms with Crippen LogP contribution in [0.25, 0.3) is 11.3 Å². The quantitative estimate of drug-likeness (QED) is 0.451. The molecule has 2 saturated carbocycles. The monoisotopic (exact) mass is 573 g/mol. The molecule has 0 aromatic carbocycles. The van der Waals surface area contributed by atoms with E-state index < -0.39 is 23.5 Å². The van der Waals surface area contributed by atoms with E-state index in [1.54, 1.807) is 10.7 Å². The highest BCUT2D eigenvalue weighted by Crippen LogP contribution is 2.40. The van der Waals surface area contributed by atoms with Crippen LogP contribution in [0.2, 0.25) is 5.02 Å². The van der Waals surface area contributed by atoms with E-state index in [1.807, 2.05) is 6.92 Å². The molecule has 13 heteroatoms. The first-order valence-electron chi connectivity index (χ1n) is 12.8. The Balaban J connectivity index is 0.00000127. The van der Waals surface area contributed by atoms with Crippen molar-refractivity contribution in [3.8, 4) is 17.0 Å². The Labute approximate surface area is 229 Å². The minimum atomic E-state index is -2.77. The van der Waals surface area contributed by atoms with E-state index in [-0.39, 0.29) is 23.0 Å². The number of aryl methyl sites for hydroxylation is 1. The molecule has 2 heterocycles. The highest BCUT2D eigenvalue weighted by atomic mass is 35.5. The average Bonchev–Trinajstić information content (AvgIpc) is 3.41. The summed E-state index contributed by atoms with van der Waals surface area (Å²) in [4.78, 5) is 17.3. The number of carbonyl (C=O) groups excluding carboxylic acids is 1. The first-order valence-corrected chi connectivity index (χ1v) is 13.8. The van der Waals surface area contributed by atoms with Crippen molar-refractivity contribution in [2.24, 2.45) is 11.8 Å². The molecule has 0 saturated heterocycles. The predicted molar refractivity (Wildman–Crippen MR) is 141 cm³/mol. The fourth-order valence-electron chi connectivity index (χ4n) is 5.07. The number of halogens is 3. The van der Waals surface area contributed by atoms with Crippen molar-refractivity contribution in [1.82, 2.24) is 20.1 Å². The molecule has 0 aliphatic heterocycles. The number of carbonyl (C=O) groups is 1. The molecule has 2 aromatic heterocycles. The fourth-order valence-corrected chi connectivity index (χ4v) is 5.39. The maximum absolute atomic E-state index is 14.1. The summed E-state index contributed by atoms with van der Waals surface area (Å²) >= 11 is 5.93. The number of aromatic nitrogens is 3. The lowest BCUT2D eigenvalue weighted by molar-refractivity contribution is -0.000700. The zero-order valence-electron chi connectivity index (χ0n) is 21.8. The molecule has 210 valence electrons. The maximum atomic E-state index is 14.1. The molecule has 0 spiro atoms. The highest BCUT2D eigenvalue weighted by Gasteiger charge is 2.44. The average molecular weight is 574 g/mol. The molecule has 9 nitrogen and oxygen atoms in total. The van der Waals surface area contributed by atoms with Gasteiger partial charge in [0.1, 0.15) is 11.6 Å². The first kappa shape index (κ1) is 29.9. The Hall–Kier alpha value is -2.60. The van der Waals surface area contributed by atoms with Gasteiger partial charge in [-0.2, -0.15) is 13.5 Å². The second-order valence-electron chi connectivity index (χ2n) is 9.85. The number of amides is 1. The van der Waals surface area contributed by atoms with Crippen LogP contribution >= 0.6 is 11.6 Å². The number of alkyl halides is 2.